The van der Waals surface area contributed by atoms with Crippen molar-refractivity contribution in [3.05, 3.63) is 95.7 Å². The van der Waals surface area contributed by atoms with Crippen molar-refractivity contribution in [3.63, 3.8) is 0 Å². The minimum atomic E-state index is -1.34. The van der Waals surface area contributed by atoms with Crippen LogP contribution in [0.5, 0.6) is 0 Å². The van der Waals surface area contributed by atoms with Gasteiger partial charge in [-0.2, -0.15) is 0 Å². The van der Waals surface area contributed by atoms with Gasteiger partial charge in [0.05, 0.1) is 11.2 Å². The van der Waals surface area contributed by atoms with Crippen LogP contribution in [-0.4, -0.2) is 63.2 Å². The first-order valence-electron chi connectivity index (χ1n) is 16.1. The number of rotatable bonds is 10. The number of nitrogens with one attached hydrogen (secondary N) is 3. The molecule has 47 heavy (non-hydrogen) atoms. The number of carbonyl (C=O) groups is 1. The maximum absolute atomic E-state index is 15.3. The van der Waals surface area contributed by atoms with E-state index in [0.717, 1.165) is 31.1 Å². The Bertz CT molecular complexity index is 1950. The molecule has 4 N–H and O–H groups in total. The molecule has 0 aliphatic carbocycles. The van der Waals surface area contributed by atoms with Crippen molar-refractivity contribution in [2.45, 2.75) is 65.8 Å². The second kappa shape index (κ2) is 13.6. The van der Waals surface area contributed by atoms with Gasteiger partial charge in [-0.3, -0.25) is 24.0 Å². The molecule has 3 heterocycles. The van der Waals surface area contributed by atoms with Crippen molar-refractivity contribution in [1.82, 2.24) is 19.4 Å². The highest BCUT2D eigenvalue weighted by Crippen LogP contribution is 2.29. The number of unbranched alkanes of at least 4 members (excludes halogenated alkanes) is 1. The van der Waals surface area contributed by atoms with Crippen LogP contribution in [0, 0.1) is 12.7 Å². The number of anilines is 3. The van der Waals surface area contributed by atoms with E-state index >= 15 is 4.39 Å². The van der Waals surface area contributed by atoms with E-state index in [1.165, 1.54) is 21.8 Å². The monoisotopic (exact) mass is 646 g/mol. The lowest BCUT2D eigenvalue weighted by Gasteiger charge is -2.36. The SMILES string of the molecule is CCc1cc(Nc2cc(=O)n(CCCCN3CCN(c4cc5[nH]c(C(C)(C)C)c(C(=O)O)c(=O)c5cc4F)CC3)c(=O)[nH]2)ccc1C. The Morgan fingerprint density at radius 2 is 1.68 bits per heavy atom. The molecule has 0 amide bonds. The summed E-state index contributed by atoms with van der Waals surface area (Å²) in [5.74, 6) is -1.56. The fourth-order valence-corrected chi connectivity index (χ4v) is 6.21. The van der Waals surface area contributed by atoms with Crippen LogP contribution in [0.15, 0.2) is 50.8 Å². The van der Waals surface area contributed by atoms with Gasteiger partial charge < -0.3 is 20.3 Å². The summed E-state index contributed by atoms with van der Waals surface area (Å²) in [6.45, 7) is 13.2. The molecule has 1 fully saturated rings. The van der Waals surface area contributed by atoms with Crippen molar-refractivity contribution >= 4 is 34.1 Å². The first-order valence-corrected chi connectivity index (χ1v) is 16.1. The highest BCUT2D eigenvalue weighted by atomic mass is 19.1. The number of pyridine rings is 1. The zero-order valence-corrected chi connectivity index (χ0v) is 27.6. The first kappa shape index (κ1) is 33.6. The molecule has 2 aromatic heterocycles. The van der Waals surface area contributed by atoms with Crippen LogP contribution in [0.25, 0.3) is 10.9 Å². The van der Waals surface area contributed by atoms with Gasteiger partial charge in [-0.05, 0) is 68.1 Å². The largest absolute Gasteiger partial charge is 0.477 e. The maximum Gasteiger partial charge on any atom is 0.341 e. The summed E-state index contributed by atoms with van der Waals surface area (Å²) in [5.41, 5.74) is 1.74. The number of benzene rings is 2. The minimum absolute atomic E-state index is 0.0102. The topological polar surface area (TPSA) is 144 Å². The van der Waals surface area contributed by atoms with Crippen LogP contribution < -0.4 is 26.9 Å². The molecule has 1 aliphatic rings. The molecule has 12 heteroatoms. The van der Waals surface area contributed by atoms with Gasteiger partial charge in [-0.1, -0.05) is 33.8 Å². The molecule has 2 aromatic carbocycles. The number of aromatic nitrogens is 3. The van der Waals surface area contributed by atoms with Crippen LogP contribution in [0.2, 0.25) is 0 Å². The molecule has 11 nitrogen and oxygen atoms in total. The Balaban J connectivity index is 1.17. The van der Waals surface area contributed by atoms with E-state index in [4.69, 9.17) is 0 Å². The first-order chi connectivity index (χ1) is 22.3. The van der Waals surface area contributed by atoms with Crippen LogP contribution in [0.4, 0.5) is 21.6 Å². The number of hydrogen-bond acceptors (Lipinski definition) is 7. The second-order valence-corrected chi connectivity index (χ2v) is 13.2. The molecule has 0 atom stereocenters. The Hall–Kier alpha value is -4.71. The van der Waals surface area contributed by atoms with Gasteiger partial charge in [0.15, 0.2) is 0 Å². The quantitative estimate of drug-likeness (QED) is 0.181. The van der Waals surface area contributed by atoms with E-state index in [1.807, 2.05) is 50.8 Å². The number of carboxylic acid groups (broad SMARTS) is 1. The Labute approximate surface area is 272 Å². The molecule has 0 unspecified atom stereocenters. The highest BCUT2D eigenvalue weighted by Gasteiger charge is 2.28. The normalized spacial score (nSPS) is 14.1. The molecule has 250 valence electrons. The number of carboxylic acids is 1. The van der Waals surface area contributed by atoms with Crippen LogP contribution in [0.1, 0.15) is 67.7 Å². The third-order valence-corrected chi connectivity index (χ3v) is 8.88. The average molecular weight is 647 g/mol. The standard InChI is InChI=1S/C35H43FN6O5/c1-6-22-17-23(10-9-21(22)2)37-28-20-29(43)42(34(47)39-28)12-8-7-11-40-13-15-41(16-14-40)27-19-26-24(18-25(27)36)31(44)30(33(45)46)32(38-26)35(3,4)5/h9-10,17-20,37H,6-8,11-16H2,1-5H3,(H,38,44)(H,39,47)(H,45,46). The Kier molecular flexibility index (Phi) is 9.71. The molecular formula is C35H43FN6O5. The van der Waals surface area contributed by atoms with Crippen molar-refractivity contribution in [2.75, 3.05) is 42.9 Å². The average Bonchev–Trinajstić information content (AvgIpc) is 3.01. The van der Waals surface area contributed by atoms with Gasteiger partial charge in [0.2, 0.25) is 5.43 Å². The predicted octanol–water partition coefficient (Wildman–Crippen LogP) is 4.73. The number of piperazine rings is 1. The molecule has 1 aliphatic heterocycles. The van der Waals surface area contributed by atoms with Crippen LogP contribution >= 0.6 is 0 Å². The highest BCUT2D eigenvalue weighted by molar-refractivity contribution is 5.95. The van der Waals surface area contributed by atoms with Gasteiger partial charge in [0.25, 0.3) is 5.56 Å². The fourth-order valence-electron chi connectivity index (χ4n) is 6.21. The summed E-state index contributed by atoms with van der Waals surface area (Å²) in [5, 5.41) is 12.8. The van der Waals surface area contributed by atoms with Crippen LogP contribution in [-0.2, 0) is 18.4 Å². The van der Waals surface area contributed by atoms with Gasteiger partial charge in [0.1, 0.15) is 17.2 Å². The predicted molar refractivity (Wildman–Crippen MR) is 183 cm³/mol. The van der Waals surface area contributed by atoms with Gasteiger partial charge in [-0.15, -0.1) is 0 Å². The van der Waals surface area contributed by atoms with E-state index in [-0.39, 0.29) is 16.5 Å². The smallest absolute Gasteiger partial charge is 0.341 e. The van der Waals surface area contributed by atoms with Gasteiger partial charge >= 0.3 is 11.7 Å². The number of H-pyrrole nitrogens is 2. The molecular weight excluding hydrogens is 603 g/mol. The van der Waals surface area contributed by atoms with E-state index in [1.54, 1.807) is 6.07 Å². The van der Waals surface area contributed by atoms with E-state index in [2.05, 4.69) is 27.1 Å². The number of aromatic amines is 2. The lowest BCUT2D eigenvalue weighted by atomic mass is 9.87. The lowest BCUT2D eigenvalue weighted by Crippen LogP contribution is -2.47. The van der Waals surface area contributed by atoms with Crippen molar-refractivity contribution in [3.8, 4) is 0 Å². The number of halogens is 1. The van der Waals surface area contributed by atoms with Crippen molar-refractivity contribution in [1.29, 1.82) is 0 Å². The molecule has 0 radical (unpaired) electrons. The summed E-state index contributed by atoms with van der Waals surface area (Å²) >= 11 is 0. The molecule has 0 spiro atoms. The van der Waals surface area contributed by atoms with Gasteiger partial charge in [-0.25, -0.2) is 14.0 Å². The second-order valence-electron chi connectivity index (χ2n) is 13.2. The number of fused-ring (bicyclic) bond motifs is 1. The molecule has 0 saturated carbocycles. The molecule has 0 bridgehead atoms. The zero-order valence-electron chi connectivity index (χ0n) is 27.6. The van der Waals surface area contributed by atoms with E-state index < -0.39 is 28.3 Å². The summed E-state index contributed by atoms with van der Waals surface area (Å²) in [6.07, 6.45) is 2.31. The molecule has 4 aromatic rings. The Morgan fingerprint density at radius 1 is 0.979 bits per heavy atom. The number of aromatic carboxylic acids is 1. The summed E-state index contributed by atoms with van der Waals surface area (Å²) in [4.78, 5) is 60.5. The van der Waals surface area contributed by atoms with Gasteiger partial charge in [0, 0.05) is 61.0 Å². The molecule has 1 saturated heterocycles. The lowest BCUT2D eigenvalue weighted by molar-refractivity contribution is 0.0692. The summed E-state index contributed by atoms with van der Waals surface area (Å²) in [7, 11) is 0. The van der Waals surface area contributed by atoms with Crippen molar-refractivity contribution in [2.24, 2.45) is 0 Å². The Morgan fingerprint density at radius 3 is 2.32 bits per heavy atom. The van der Waals surface area contributed by atoms with E-state index in [0.29, 0.717) is 61.9 Å². The van der Waals surface area contributed by atoms with E-state index in [9.17, 15) is 24.3 Å². The molecule has 5 rings (SSSR count). The fraction of sp³-hybridized carbons (Fsp3) is 0.429. The minimum Gasteiger partial charge on any atom is -0.477 e. The number of hydrogen-bond donors (Lipinski definition) is 4. The number of nitrogens with zero attached hydrogens (tertiary/aromatic N) is 3. The van der Waals surface area contributed by atoms with Crippen LogP contribution in [0.3, 0.4) is 0 Å². The third kappa shape index (κ3) is 7.32. The number of aryl methyl sites for hydroxylation is 2. The third-order valence-electron chi connectivity index (χ3n) is 8.88. The summed E-state index contributed by atoms with van der Waals surface area (Å²) in [6, 6.07) is 10.1. The van der Waals surface area contributed by atoms with Crippen molar-refractivity contribution < 1.29 is 14.3 Å². The zero-order chi connectivity index (χ0) is 34.0. The maximum atomic E-state index is 15.3. The summed E-state index contributed by atoms with van der Waals surface area (Å²) < 4.78 is 16.5.